The molecule has 7 heteroatoms. The lowest BCUT2D eigenvalue weighted by Crippen LogP contribution is -2.27. The van der Waals surface area contributed by atoms with Crippen molar-refractivity contribution < 1.29 is 9.18 Å². The molecule has 0 radical (unpaired) electrons. The predicted octanol–water partition coefficient (Wildman–Crippen LogP) is 2.62. The Morgan fingerprint density at radius 2 is 1.89 bits per heavy atom. The zero-order valence-corrected chi connectivity index (χ0v) is 15.0. The maximum absolute atomic E-state index is 13.6. The molecule has 6 nitrogen and oxygen atoms in total. The van der Waals surface area contributed by atoms with Gasteiger partial charge in [-0.3, -0.25) is 9.78 Å². The third-order valence-electron chi connectivity index (χ3n) is 4.10. The minimum atomic E-state index is -0.371. The molecule has 1 N–H and O–H groups in total. The first-order valence-electron chi connectivity index (χ1n) is 8.58. The predicted molar refractivity (Wildman–Crippen MR) is 101 cm³/mol. The van der Waals surface area contributed by atoms with Gasteiger partial charge in [-0.1, -0.05) is 18.2 Å². The molecule has 2 aromatic heterocycles. The van der Waals surface area contributed by atoms with Crippen molar-refractivity contribution in [2.45, 2.75) is 13.0 Å². The molecule has 3 aromatic rings. The summed E-state index contributed by atoms with van der Waals surface area (Å²) in [6, 6.07) is 11.8. The van der Waals surface area contributed by atoms with Gasteiger partial charge in [-0.25, -0.2) is 14.4 Å². The summed E-state index contributed by atoms with van der Waals surface area (Å²) < 4.78 is 13.6. The molecule has 0 atom stereocenters. The van der Waals surface area contributed by atoms with Crippen molar-refractivity contribution in [1.82, 2.24) is 20.3 Å². The van der Waals surface area contributed by atoms with E-state index in [9.17, 15) is 9.18 Å². The van der Waals surface area contributed by atoms with Gasteiger partial charge < -0.3 is 10.2 Å². The molecule has 1 aromatic carbocycles. The second-order valence-electron chi connectivity index (χ2n) is 6.04. The third-order valence-corrected chi connectivity index (χ3v) is 4.10. The summed E-state index contributed by atoms with van der Waals surface area (Å²) in [4.78, 5) is 26.8. The summed E-state index contributed by atoms with van der Waals surface area (Å²) in [5.74, 6) is -0.260. The number of likely N-dealkylation sites (N-methyl/N-ethyl adjacent to an activating group) is 1. The van der Waals surface area contributed by atoms with Crippen LogP contribution < -0.4 is 10.2 Å². The van der Waals surface area contributed by atoms with Gasteiger partial charge in [0.1, 0.15) is 11.5 Å². The molecule has 0 bridgehead atoms. The van der Waals surface area contributed by atoms with Gasteiger partial charge in [0.15, 0.2) is 0 Å². The van der Waals surface area contributed by atoms with Crippen molar-refractivity contribution in [2.75, 3.05) is 18.5 Å². The van der Waals surface area contributed by atoms with Crippen molar-refractivity contribution >= 4 is 11.9 Å². The zero-order chi connectivity index (χ0) is 19.1. The van der Waals surface area contributed by atoms with Crippen molar-refractivity contribution in [2.24, 2.45) is 0 Å². The van der Waals surface area contributed by atoms with E-state index in [-0.39, 0.29) is 24.0 Å². The van der Waals surface area contributed by atoms with Gasteiger partial charge in [0.25, 0.3) is 5.91 Å². The number of rotatable bonds is 7. The van der Waals surface area contributed by atoms with Crippen LogP contribution in [0.1, 0.15) is 21.6 Å². The maximum atomic E-state index is 13.6. The summed E-state index contributed by atoms with van der Waals surface area (Å²) in [7, 11) is 1.87. The summed E-state index contributed by atoms with van der Waals surface area (Å²) in [6.07, 6.45) is 5.87. The summed E-state index contributed by atoms with van der Waals surface area (Å²) >= 11 is 0. The SMILES string of the molecule is CN(CCc1ccncc1)c1nccc(C(=O)NCc2ccccc2F)n1. The van der Waals surface area contributed by atoms with Crippen LogP contribution in [-0.2, 0) is 13.0 Å². The van der Waals surface area contributed by atoms with Gasteiger partial charge in [-0.05, 0) is 36.2 Å². The number of benzene rings is 1. The van der Waals surface area contributed by atoms with Crippen molar-refractivity contribution in [3.05, 3.63) is 83.7 Å². The van der Waals surface area contributed by atoms with Crippen LogP contribution in [0.25, 0.3) is 0 Å². The summed E-state index contributed by atoms with van der Waals surface area (Å²) in [5.41, 5.74) is 1.83. The molecule has 138 valence electrons. The molecular weight excluding hydrogens is 345 g/mol. The number of nitrogens with zero attached hydrogens (tertiary/aromatic N) is 4. The molecular formula is C20H20FN5O. The van der Waals surface area contributed by atoms with Crippen LogP contribution in [0.3, 0.4) is 0 Å². The van der Waals surface area contributed by atoms with Crippen LogP contribution >= 0.6 is 0 Å². The molecule has 2 heterocycles. The number of hydrogen-bond acceptors (Lipinski definition) is 5. The highest BCUT2D eigenvalue weighted by Crippen LogP contribution is 2.09. The van der Waals surface area contributed by atoms with Gasteiger partial charge in [-0.2, -0.15) is 0 Å². The average molecular weight is 365 g/mol. The molecule has 1 amide bonds. The Morgan fingerprint density at radius 1 is 1.11 bits per heavy atom. The average Bonchev–Trinajstić information content (AvgIpc) is 2.72. The zero-order valence-electron chi connectivity index (χ0n) is 15.0. The minimum Gasteiger partial charge on any atom is -0.347 e. The van der Waals surface area contributed by atoms with Crippen LogP contribution in [0.15, 0.2) is 61.1 Å². The topological polar surface area (TPSA) is 71.0 Å². The minimum absolute atomic E-state index is 0.0999. The van der Waals surface area contributed by atoms with E-state index < -0.39 is 0 Å². The molecule has 0 saturated heterocycles. The monoisotopic (exact) mass is 365 g/mol. The second-order valence-corrected chi connectivity index (χ2v) is 6.04. The van der Waals surface area contributed by atoms with Crippen LogP contribution in [0.5, 0.6) is 0 Å². The number of carbonyl (C=O) groups excluding carboxylic acids is 1. The number of pyridine rings is 1. The van der Waals surface area contributed by atoms with Gasteiger partial charge >= 0.3 is 0 Å². The van der Waals surface area contributed by atoms with Crippen LogP contribution in [0, 0.1) is 5.82 Å². The molecule has 0 fully saturated rings. The lowest BCUT2D eigenvalue weighted by atomic mass is 10.2. The van der Waals surface area contributed by atoms with Crippen molar-refractivity contribution in [3.8, 4) is 0 Å². The molecule has 0 aliphatic carbocycles. The fourth-order valence-corrected chi connectivity index (χ4v) is 2.51. The van der Waals surface area contributed by atoms with Gasteiger partial charge in [0, 0.05) is 44.3 Å². The molecule has 0 spiro atoms. The van der Waals surface area contributed by atoms with Crippen LogP contribution in [-0.4, -0.2) is 34.5 Å². The van der Waals surface area contributed by atoms with Crippen molar-refractivity contribution in [1.29, 1.82) is 0 Å². The molecule has 0 aliphatic heterocycles. The first-order valence-corrected chi connectivity index (χ1v) is 8.58. The highest BCUT2D eigenvalue weighted by Gasteiger charge is 2.12. The number of halogens is 1. The second kappa shape index (κ2) is 8.84. The van der Waals surface area contributed by atoms with E-state index in [1.807, 2.05) is 24.1 Å². The number of nitrogens with one attached hydrogen (secondary N) is 1. The Balaban J connectivity index is 1.60. The first kappa shape index (κ1) is 18.4. The highest BCUT2D eigenvalue weighted by molar-refractivity contribution is 5.92. The summed E-state index contributed by atoms with van der Waals surface area (Å²) in [5, 5.41) is 2.69. The Morgan fingerprint density at radius 3 is 2.67 bits per heavy atom. The smallest absolute Gasteiger partial charge is 0.270 e. The molecule has 27 heavy (non-hydrogen) atoms. The van der Waals surface area contributed by atoms with E-state index >= 15 is 0 Å². The largest absolute Gasteiger partial charge is 0.347 e. The Bertz CT molecular complexity index is 904. The summed E-state index contributed by atoms with van der Waals surface area (Å²) in [6.45, 7) is 0.799. The highest BCUT2D eigenvalue weighted by atomic mass is 19.1. The number of anilines is 1. The van der Waals surface area contributed by atoms with Crippen LogP contribution in [0.4, 0.5) is 10.3 Å². The van der Waals surface area contributed by atoms with E-state index in [4.69, 9.17) is 0 Å². The van der Waals surface area contributed by atoms with E-state index in [2.05, 4.69) is 20.3 Å². The quantitative estimate of drug-likeness (QED) is 0.697. The van der Waals surface area contributed by atoms with Gasteiger partial charge in [-0.15, -0.1) is 0 Å². The van der Waals surface area contributed by atoms with E-state index in [0.29, 0.717) is 18.1 Å². The van der Waals surface area contributed by atoms with E-state index in [0.717, 1.165) is 12.0 Å². The number of hydrogen-bond donors (Lipinski definition) is 1. The third kappa shape index (κ3) is 5.07. The molecule has 0 unspecified atom stereocenters. The molecule has 0 aliphatic rings. The first-order chi connectivity index (χ1) is 13.1. The number of amides is 1. The van der Waals surface area contributed by atoms with Crippen molar-refractivity contribution in [3.63, 3.8) is 0 Å². The Labute approximate surface area is 157 Å². The fourth-order valence-electron chi connectivity index (χ4n) is 2.51. The normalized spacial score (nSPS) is 10.4. The van der Waals surface area contributed by atoms with Crippen LogP contribution in [0.2, 0.25) is 0 Å². The standard InChI is InChI=1S/C20H20FN5O/c1-26(13-9-15-6-10-22-11-7-15)20-23-12-8-18(25-20)19(27)24-14-16-4-2-3-5-17(16)21/h2-8,10-12H,9,13-14H2,1H3,(H,24,27). The molecule has 3 rings (SSSR count). The van der Waals surface area contributed by atoms with Gasteiger partial charge in [0.05, 0.1) is 0 Å². The Kier molecular flexibility index (Phi) is 6.04. The number of aromatic nitrogens is 3. The Hall–Kier alpha value is -3.35. The van der Waals surface area contributed by atoms with E-state index in [1.54, 1.807) is 36.8 Å². The fraction of sp³-hybridized carbons (Fsp3) is 0.200. The lowest BCUT2D eigenvalue weighted by molar-refractivity contribution is 0.0945. The maximum Gasteiger partial charge on any atom is 0.270 e. The van der Waals surface area contributed by atoms with E-state index in [1.165, 1.54) is 12.1 Å². The molecule has 0 saturated carbocycles. The number of carbonyl (C=O) groups is 1. The lowest BCUT2D eigenvalue weighted by Gasteiger charge is -2.17. The van der Waals surface area contributed by atoms with Gasteiger partial charge in [0.2, 0.25) is 5.95 Å².